The van der Waals surface area contributed by atoms with Gasteiger partial charge >= 0.3 is 5.97 Å². The van der Waals surface area contributed by atoms with Crippen LogP contribution in [-0.2, 0) is 24.6 Å². The minimum absolute atomic E-state index is 0.146. The summed E-state index contributed by atoms with van der Waals surface area (Å²) in [6, 6.07) is 6.26. The Bertz CT molecular complexity index is 859. The number of Topliss-reactive ketones (excluding diaryl/α,β-unsaturated/α-hetero) is 1. The van der Waals surface area contributed by atoms with Crippen LogP contribution in [0.3, 0.4) is 0 Å². The van der Waals surface area contributed by atoms with E-state index in [-0.39, 0.29) is 17.8 Å². The molecule has 1 aromatic rings. The zero-order valence-electron chi connectivity index (χ0n) is 18.0. The Morgan fingerprint density at radius 1 is 1.27 bits per heavy atom. The second kappa shape index (κ2) is 8.93. The molecule has 0 aromatic heterocycles. The summed E-state index contributed by atoms with van der Waals surface area (Å²) in [7, 11) is 0. The highest BCUT2D eigenvalue weighted by molar-refractivity contribution is 6.07. The van der Waals surface area contributed by atoms with Crippen LogP contribution >= 0.6 is 0 Å². The maximum atomic E-state index is 13.1. The molecule has 1 aliphatic heterocycles. The van der Waals surface area contributed by atoms with Crippen LogP contribution in [0, 0.1) is 5.92 Å². The number of carboxylic acid groups (broad SMARTS) is 1. The summed E-state index contributed by atoms with van der Waals surface area (Å²) in [6.07, 6.45) is -0.559. The topological polar surface area (TPSA) is 105 Å². The third-order valence-electron chi connectivity index (χ3n) is 5.32. The lowest BCUT2D eigenvalue weighted by atomic mass is 9.78. The van der Waals surface area contributed by atoms with Gasteiger partial charge in [0.25, 0.3) is 5.91 Å². The molecule has 2 N–H and O–H groups in total. The second-order valence-electron chi connectivity index (χ2n) is 8.87. The molecule has 8 heteroatoms. The number of halogens is 1. The number of rotatable bonds is 8. The number of carbonyl (C=O) groups excluding carboxylic acids is 2. The Morgan fingerprint density at radius 3 is 2.43 bits per heavy atom. The average Bonchev–Trinajstić information content (AvgIpc) is 3.12. The van der Waals surface area contributed by atoms with E-state index in [2.05, 4.69) is 31.2 Å². The molecule has 1 heterocycles. The summed E-state index contributed by atoms with van der Waals surface area (Å²) in [5.74, 6) is -3.34. The van der Waals surface area contributed by atoms with E-state index in [1.54, 1.807) is 13.8 Å². The zero-order chi connectivity index (χ0) is 22.7. The van der Waals surface area contributed by atoms with Gasteiger partial charge in [-0.2, -0.15) is 0 Å². The molecule has 7 nitrogen and oxygen atoms in total. The number of nitrogens with zero attached hydrogens (tertiary/aromatic N) is 1. The molecule has 0 aliphatic carbocycles. The predicted molar refractivity (Wildman–Crippen MR) is 110 cm³/mol. The molecule has 164 valence electrons. The van der Waals surface area contributed by atoms with Crippen LogP contribution in [0.2, 0.25) is 0 Å². The lowest BCUT2D eigenvalue weighted by molar-refractivity contribution is -0.152. The Labute approximate surface area is 175 Å². The first-order valence-electron chi connectivity index (χ1n) is 9.88. The molecule has 0 radical (unpaired) electrons. The highest BCUT2D eigenvalue weighted by Crippen LogP contribution is 2.36. The lowest BCUT2D eigenvalue weighted by Gasteiger charge is -2.31. The average molecular weight is 420 g/mol. The van der Waals surface area contributed by atoms with E-state index in [0.29, 0.717) is 5.71 Å². The number of carbonyl (C=O) groups is 3. The second-order valence-corrected chi connectivity index (χ2v) is 8.87. The monoisotopic (exact) mass is 420 g/mol. The van der Waals surface area contributed by atoms with Crippen molar-refractivity contribution in [1.29, 1.82) is 0 Å². The van der Waals surface area contributed by atoms with Crippen LogP contribution in [0.4, 0.5) is 4.39 Å². The maximum Gasteiger partial charge on any atom is 0.305 e. The fraction of sp³-hybridized carbons (Fsp3) is 0.545. The molecule has 0 spiro atoms. The molecule has 2 rings (SSSR count). The van der Waals surface area contributed by atoms with Crippen LogP contribution in [0.25, 0.3) is 0 Å². The molecule has 0 saturated heterocycles. The van der Waals surface area contributed by atoms with Crippen LogP contribution < -0.4 is 5.32 Å². The maximum absolute atomic E-state index is 13.1. The van der Waals surface area contributed by atoms with Crippen molar-refractivity contribution in [3.63, 3.8) is 0 Å². The minimum Gasteiger partial charge on any atom is -0.481 e. The summed E-state index contributed by atoms with van der Waals surface area (Å²) in [5.41, 5.74) is 0.917. The van der Waals surface area contributed by atoms with Gasteiger partial charge in [-0.15, -0.1) is 0 Å². The van der Waals surface area contributed by atoms with Crippen molar-refractivity contribution >= 4 is 23.4 Å². The first-order chi connectivity index (χ1) is 13.9. The summed E-state index contributed by atoms with van der Waals surface area (Å²) >= 11 is 0. The van der Waals surface area contributed by atoms with E-state index in [1.807, 2.05) is 24.3 Å². The summed E-state index contributed by atoms with van der Waals surface area (Å²) in [6.45, 7) is 8.40. The van der Waals surface area contributed by atoms with Gasteiger partial charge in [0.2, 0.25) is 5.60 Å². The number of alkyl halides is 1. The smallest absolute Gasteiger partial charge is 0.305 e. The largest absolute Gasteiger partial charge is 0.481 e. The Morgan fingerprint density at radius 2 is 1.90 bits per heavy atom. The van der Waals surface area contributed by atoms with Crippen molar-refractivity contribution in [1.82, 2.24) is 5.32 Å². The molecule has 0 bridgehead atoms. The van der Waals surface area contributed by atoms with Gasteiger partial charge in [0.1, 0.15) is 12.7 Å². The van der Waals surface area contributed by atoms with E-state index < -0.39 is 42.4 Å². The van der Waals surface area contributed by atoms with Gasteiger partial charge in [0.15, 0.2) is 5.78 Å². The molecule has 30 heavy (non-hydrogen) atoms. The van der Waals surface area contributed by atoms with Crippen molar-refractivity contribution < 1.29 is 28.7 Å². The van der Waals surface area contributed by atoms with Crippen LogP contribution in [0.5, 0.6) is 0 Å². The normalized spacial score (nSPS) is 19.8. The number of aliphatic carboxylic acids is 1. The van der Waals surface area contributed by atoms with Crippen LogP contribution in [0.1, 0.15) is 58.6 Å². The molecule has 0 unspecified atom stereocenters. The van der Waals surface area contributed by atoms with Crippen molar-refractivity contribution in [3.05, 3.63) is 35.4 Å². The standard InChI is InChI=1S/C22H29FN2O5/c1-13(2)22(20(29)24-16(10-19(27)28)18(26)12-23)11-17(25-30-22)14-8-6-7-9-15(14)21(3,4)5/h6-9,13,16H,10-12H2,1-5H3,(H,24,29)(H,27,28)/t16-,22+/m0/s1. The van der Waals surface area contributed by atoms with E-state index in [1.165, 1.54) is 0 Å². The number of oxime groups is 1. The lowest BCUT2D eigenvalue weighted by Crippen LogP contribution is -2.55. The number of nitrogens with one attached hydrogen (secondary N) is 1. The first kappa shape index (κ1) is 23.5. The van der Waals surface area contributed by atoms with E-state index in [0.717, 1.165) is 11.1 Å². The molecule has 1 aliphatic rings. The highest BCUT2D eigenvalue weighted by atomic mass is 19.1. The Hall–Kier alpha value is -2.77. The molecule has 2 atom stereocenters. The van der Waals surface area contributed by atoms with Crippen LogP contribution in [-0.4, -0.2) is 46.8 Å². The fourth-order valence-electron chi connectivity index (χ4n) is 3.47. The van der Waals surface area contributed by atoms with Gasteiger partial charge in [-0.05, 0) is 11.0 Å². The Balaban J connectivity index is 2.33. The van der Waals surface area contributed by atoms with Gasteiger partial charge in [0.05, 0.1) is 12.1 Å². The van der Waals surface area contributed by atoms with Crippen molar-refractivity contribution in [3.8, 4) is 0 Å². The van der Waals surface area contributed by atoms with Crippen molar-refractivity contribution in [2.24, 2.45) is 11.1 Å². The van der Waals surface area contributed by atoms with E-state index in [9.17, 15) is 18.8 Å². The quantitative estimate of drug-likeness (QED) is 0.673. The molecular weight excluding hydrogens is 391 g/mol. The van der Waals surface area contributed by atoms with Crippen molar-refractivity contribution in [2.45, 2.75) is 64.5 Å². The summed E-state index contributed by atoms with van der Waals surface area (Å²) < 4.78 is 12.9. The van der Waals surface area contributed by atoms with Gasteiger partial charge in [0, 0.05) is 17.9 Å². The highest BCUT2D eigenvalue weighted by Gasteiger charge is 2.50. The van der Waals surface area contributed by atoms with Gasteiger partial charge < -0.3 is 15.3 Å². The number of amides is 1. The van der Waals surface area contributed by atoms with Gasteiger partial charge in [-0.3, -0.25) is 14.4 Å². The van der Waals surface area contributed by atoms with Crippen LogP contribution in [0.15, 0.2) is 29.4 Å². The SMILES string of the molecule is CC(C)[C@@]1(C(=O)N[C@@H](CC(=O)O)C(=O)CF)CC(c2ccccc2C(C)(C)C)=NO1. The number of hydrogen-bond donors (Lipinski definition) is 2. The van der Waals surface area contributed by atoms with E-state index in [4.69, 9.17) is 9.94 Å². The molecule has 0 saturated carbocycles. The number of carboxylic acids is 1. The summed E-state index contributed by atoms with van der Waals surface area (Å²) in [4.78, 5) is 41.6. The molecule has 0 fully saturated rings. The fourth-order valence-corrected chi connectivity index (χ4v) is 3.47. The molecular formula is C22H29FN2O5. The summed E-state index contributed by atoms with van der Waals surface area (Å²) in [5, 5.41) is 15.6. The molecule has 1 amide bonds. The van der Waals surface area contributed by atoms with E-state index >= 15 is 0 Å². The van der Waals surface area contributed by atoms with Gasteiger partial charge in [-0.1, -0.05) is 64.0 Å². The van der Waals surface area contributed by atoms with Gasteiger partial charge in [-0.25, -0.2) is 4.39 Å². The number of ketones is 1. The third-order valence-corrected chi connectivity index (χ3v) is 5.32. The van der Waals surface area contributed by atoms with Crippen molar-refractivity contribution in [2.75, 3.05) is 6.67 Å². The molecule has 1 aromatic carbocycles. The number of benzene rings is 1. The number of hydrogen-bond acceptors (Lipinski definition) is 5. The third kappa shape index (κ3) is 4.86. The Kier molecular flexibility index (Phi) is 7.00. The predicted octanol–water partition coefficient (Wildman–Crippen LogP) is 3.00. The zero-order valence-corrected chi connectivity index (χ0v) is 18.0. The first-order valence-corrected chi connectivity index (χ1v) is 9.88. The minimum atomic E-state index is -1.47.